The molecule has 0 aliphatic heterocycles. The lowest BCUT2D eigenvalue weighted by Crippen LogP contribution is -2.14. The van der Waals surface area contributed by atoms with Crippen molar-refractivity contribution in [3.8, 4) is 28.6 Å². The van der Waals surface area contributed by atoms with Crippen LogP contribution in [0.15, 0.2) is 35.5 Å². The van der Waals surface area contributed by atoms with E-state index in [-0.39, 0.29) is 11.7 Å². The molecule has 0 unspecified atom stereocenters. The first kappa shape index (κ1) is 23.5. The Kier molecular flexibility index (Phi) is 7.63. The third-order valence-corrected chi connectivity index (χ3v) is 6.05. The summed E-state index contributed by atoms with van der Waals surface area (Å²) in [4.78, 5) is 12.5. The van der Waals surface area contributed by atoms with Crippen molar-refractivity contribution >= 4 is 23.4 Å². The van der Waals surface area contributed by atoms with Gasteiger partial charge in [0.25, 0.3) is 0 Å². The highest BCUT2D eigenvalue weighted by Gasteiger charge is 2.19. The molecule has 0 aliphatic carbocycles. The van der Waals surface area contributed by atoms with E-state index >= 15 is 0 Å². The normalized spacial score (nSPS) is 10.7. The molecule has 0 fully saturated rings. The minimum Gasteiger partial charge on any atom is -0.493 e. The zero-order valence-corrected chi connectivity index (χ0v) is 20.0. The van der Waals surface area contributed by atoms with Gasteiger partial charge in [-0.1, -0.05) is 17.8 Å². The van der Waals surface area contributed by atoms with Gasteiger partial charge in [-0.25, -0.2) is 0 Å². The van der Waals surface area contributed by atoms with Crippen molar-refractivity contribution in [3.63, 3.8) is 0 Å². The molecule has 1 amide bonds. The number of nitrogens with zero attached hydrogens (tertiary/aromatic N) is 3. The number of hydrogen-bond acceptors (Lipinski definition) is 7. The van der Waals surface area contributed by atoms with Crippen molar-refractivity contribution in [2.24, 2.45) is 0 Å². The van der Waals surface area contributed by atoms with Crippen LogP contribution in [0.1, 0.15) is 18.1 Å². The van der Waals surface area contributed by atoms with Crippen molar-refractivity contribution in [2.45, 2.75) is 32.5 Å². The van der Waals surface area contributed by atoms with Crippen LogP contribution >= 0.6 is 11.8 Å². The number of nitrogens with one attached hydrogen (secondary N) is 1. The maximum Gasteiger partial charge on any atom is 0.234 e. The lowest BCUT2D eigenvalue weighted by Gasteiger charge is -2.14. The van der Waals surface area contributed by atoms with Gasteiger partial charge in [0.05, 0.1) is 27.1 Å². The van der Waals surface area contributed by atoms with E-state index in [1.54, 1.807) is 21.3 Å². The van der Waals surface area contributed by atoms with E-state index in [1.807, 2.05) is 55.7 Å². The molecule has 1 N–H and O–H groups in total. The first-order valence-electron chi connectivity index (χ1n) is 10.1. The van der Waals surface area contributed by atoms with E-state index in [2.05, 4.69) is 15.5 Å². The number of aromatic nitrogens is 3. The SMILES string of the molecule is CCn1c(SCC(=O)Nc2ccc(C)c(C)c2)nnc1-c1cc(OC)c(OC)c(OC)c1. The van der Waals surface area contributed by atoms with Gasteiger partial charge in [0, 0.05) is 17.8 Å². The third-order valence-electron chi connectivity index (χ3n) is 5.08. The van der Waals surface area contributed by atoms with Crippen molar-refractivity contribution in [3.05, 3.63) is 41.5 Å². The van der Waals surface area contributed by atoms with Crippen LogP contribution in [0.3, 0.4) is 0 Å². The maximum absolute atomic E-state index is 12.5. The molecule has 0 saturated heterocycles. The number of carbonyl (C=O) groups is 1. The molecular weight excluding hydrogens is 428 g/mol. The van der Waals surface area contributed by atoms with Gasteiger partial charge in [0.2, 0.25) is 11.7 Å². The number of amides is 1. The molecular formula is C23H28N4O4S. The summed E-state index contributed by atoms with van der Waals surface area (Å²) >= 11 is 1.34. The fraction of sp³-hybridized carbons (Fsp3) is 0.348. The Balaban J connectivity index is 1.79. The van der Waals surface area contributed by atoms with Gasteiger partial charge in [-0.15, -0.1) is 10.2 Å². The summed E-state index contributed by atoms with van der Waals surface area (Å²) in [6, 6.07) is 9.53. The Hall–Kier alpha value is -3.20. The van der Waals surface area contributed by atoms with Gasteiger partial charge >= 0.3 is 0 Å². The van der Waals surface area contributed by atoms with E-state index in [9.17, 15) is 4.79 Å². The molecule has 0 atom stereocenters. The van der Waals surface area contributed by atoms with E-state index in [0.29, 0.717) is 34.8 Å². The van der Waals surface area contributed by atoms with E-state index in [1.165, 1.54) is 17.3 Å². The molecule has 0 radical (unpaired) electrons. The van der Waals surface area contributed by atoms with Gasteiger partial charge in [-0.2, -0.15) is 0 Å². The summed E-state index contributed by atoms with van der Waals surface area (Å²) in [5.74, 6) is 2.37. The van der Waals surface area contributed by atoms with Crippen LogP contribution in [0.5, 0.6) is 17.2 Å². The molecule has 2 aromatic carbocycles. The first-order valence-corrected chi connectivity index (χ1v) is 11.1. The van der Waals surface area contributed by atoms with Crippen LogP contribution in [0.4, 0.5) is 5.69 Å². The number of ether oxygens (including phenoxy) is 3. The number of benzene rings is 2. The minimum atomic E-state index is -0.0988. The summed E-state index contributed by atoms with van der Waals surface area (Å²) in [5.41, 5.74) is 3.89. The van der Waals surface area contributed by atoms with Gasteiger partial charge in [0.15, 0.2) is 22.5 Å². The molecule has 1 aromatic heterocycles. The third kappa shape index (κ3) is 4.99. The maximum atomic E-state index is 12.5. The molecule has 3 rings (SSSR count). The second-order valence-corrected chi connectivity index (χ2v) is 8.04. The summed E-state index contributed by atoms with van der Waals surface area (Å²) in [7, 11) is 4.70. The van der Waals surface area contributed by atoms with E-state index in [4.69, 9.17) is 14.2 Å². The van der Waals surface area contributed by atoms with Crippen LogP contribution in [0.25, 0.3) is 11.4 Å². The number of rotatable bonds is 9. The van der Waals surface area contributed by atoms with Crippen LogP contribution in [0.2, 0.25) is 0 Å². The number of aryl methyl sites for hydroxylation is 2. The zero-order chi connectivity index (χ0) is 23.3. The summed E-state index contributed by atoms with van der Waals surface area (Å²) in [5, 5.41) is 12.3. The first-order chi connectivity index (χ1) is 15.4. The molecule has 0 saturated carbocycles. The predicted molar refractivity (Wildman–Crippen MR) is 126 cm³/mol. The Morgan fingerprint density at radius 3 is 2.25 bits per heavy atom. The summed E-state index contributed by atoms with van der Waals surface area (Å²) in [6.07, 6.45) is 0. The average molecular weight is 457 g/mol. The van der Waals surface area contributed by atoms with E-state index in [0.717, 1.165) is 16.8 Å². The highest BCUT2D eigenvalue weighted by Crippen LogP contribution is 2.41. The van der Waals surface area contributed by atoms with Gasteiger partial charge in [-0.05, 0) is 56.2 Å². The predicted octanol–water partition coefficient (Wildman–Crippen LogP) is 4.34. The Bertz CT molecular complexity index is 1090. The van der Waals surface area contributed by atoms with Crippen molar-refractivity contribution in [1.29, 1.82) is 0 Å². The quantitative estimate of drug-likeness (QED) is 0.479. The highest BCUT2D eigenvalue weighted by molar-refractivity contribution is 7.99. The van der Waals surface area contributed by atoms with Crippen LogP contribution in [0, 0.1) is 13.8 Å². The Morgan fingerprint density at radius 2 is 1.69 bits per heavy atom. The second kappa shape index (κ2) is 10.4. The van der Waals surface area contributed by atoms with Crippen LogP contribution in [-0.2, 0) is 11.3 Å². The lowest BCUT2D eigenvalue weighted by molar-refractivity contribution is -0.113. The smallest absolute Gasteiger partial charge is 0.234 e. The second-order valence-electron chi connectivity index (χ2n) is 7.10. The minimum absolute atomic E-state index is 0.0988. The standard InChI is InChI=1S/C23H28N4O4S/c1-7-27-22(16-11-18(29-4)21(31-6)19(12-16)30-5)25-26-23(27)32-13-20(28)24-17-9-8-14(2)15(3)10-17/h8-12H,7,13H2,1-6H3,(H,24,28). The van der Waals surface area contributed by atoms with Crippen molar-refractivity contribution in [1.82, 2.24) is 14.8 Å². The molecule has 3 aromatic rings. The largest absolute Gasteiger partial charge is 0.493 e. The van der Waals surface area contributed by atoms with Crippen molar-refractivity contribution in [2.75, 3.05) is 32.4 Å². The number of thioether (sulfide) groups is 1. The van der Waals surface area contributed by atoms with Gasteiger partial charge in [-0.3, -0.25) is 4.79 Å². The molecule has 170 valence electrons. The Morgan fingerprint density at radius 1 is 1.00 bits per heavy atom. The lowest BCUT2D eigenvalue weighted by atomic mass is 10.1. The van der Waals surface area contributed by atoms with Crippen LogP contribution in [-0.4, -0.2) is 47.8 Å². The molecule has 0 spiro atoms. The monoisotopic (exact) mass is 456 g/mol. The van der Waals surface area contributed by atoms with E-state index < -0.39 is 0 Å². The number of carbonyl (C=O) groups excluding carboxylic acids is 1. The Labute approximate surface area is 192 Å². The summed E-state index contributed by atoms with van der Waals surface area (Å²) in [6.45, 7) is 6.71. The zero-order valence-electron chi connectivity index (χ0n) is 19.2. The molecule has 0 aliphatic rings. The fourth-order valence-corrected chi connectivity index (χ4v) is 4.05. The average Bonchev–Trinajstić information content (AvgIpc) is 3.22. The highest BCUT2D eigenvalue weighted by atomic mass is 32.2. The van der Waals surface area contributed by atoms with Gasteiger partial charge in [0.1, 0.15) is 0 Å². The van der Waals surface area contributed by atoms with Gasteiger partial charge < -0.3 is 24.1 Å². The summed E-state index contributed by atoms with van der Waals surface area (Å²) < 4.78 is 18.3. The molecule has 32 heavy (non-hydrogen) atoms. The van der Waals surface area contributed by atoms with Crippen molar-refractivity contribution < 1.29 is 19.0 Å². The number of methoxy groups -OCH3 is 3. The fourth-order valence-electron chi connectivity index (χ4n) is 3.25. The van der Waals surface area contributed by atoms with Crippen LogP contribution < -0.4 is 19.5 Å². The molecule has 0 bridgehead atoms. The molecule has 9 heteroatoms. The number of hydrogen-bond donors (Lipinski definition) is 1. The molecule has 1 heterocycles. The topological polar surface area (TPSA) is 87.5 Å². The molecule has 8 nitrogen and oxygen atoms in total. The number of anilines is 1.